The minimum Gasteiger partial charge on any atom is -0.460 e. The summed E-state index contributed by atoms with van der Waals surface area (Å²) >= 11 is 0. The molecule has 78 valence electrons. The smallest absolute Gasteiger partial charge is 0.307 e. The molecule has 0 rings (SSSR count). The predicted molar refractivity (Wildman–Crippen MR) is 53.3 cm³/mol. The van der Waals surface area contributed by atoms with E-state index in [1.807, 2.05) is 34.6 Å². The van der Waals surface area contributed by atoms with E-state index < -0.39 is 5.60 Å². The molecule has 0 aliphatic heterocycles. The molecule has 0 aliphatic rings. The Morgan fingerprint density at radius 1 is 1.38 bits per heavy atom. The quantitative estimate of drug-likeness (QED) is 0.684. The SMILES string of the molecule is CC(C)C(N)CC(=O)OC(C)(C)C. The average Bonchev–Trinajstić information content (AvgIpc) is 1.81. The van der Waals surface area contributed by atoms with Crippen LogP contribution in [-0.2, 0) is 9.53 Å². The molecule has 0 bridgehead atoms. The molecule has 0 aromatic rings. The van der Waals surface area contributed by atoms with E-state index in [0.717, 1.165) is 0 Å². The first-order chi connectivity index (χ1) is 5.72. The second kappa shape index (κ2) is 4.61. The lowest BCUT2D eigenvalue weighted by atomic mass is 10.0. The molecule has 0 aliphatic carbocycles. The highest BCUT2D eigenvalue weighted by molar-refractivity contribution is 5.70. The Balaban J connectivity index is 3.89. The first kappa shape index (κ1) is 12.4. The van der Waals surface area contributed by atoms with Gasteiger partial charge in [0, 0.05) is 6.04 Å². The van der Waals surface area contributed by atoms with Crippen molar-refractivity contribution in [2.45, 2.75) is 52.7 Å². The number of hydrogen-bond donors (Lipinski definition) is 1. The lowest BCUT2D eigenvalue weighted by molar-refractivity contribution is -0.155. The van der Waals surface area contributed by atoms with Crippen molar-refractivity contribution in [1.29, 1.82) is 0 Å². The van der Waals surface area contributed by atoms with Gasteiger partial charge in [0.2, 0.25) is 0 Å². The Morgan fingerprint density at radius 2 is 1.85 bits per heavy atom. The van der Waals surface area contributed by atoms with E-state index in [0.29, 0.717) is 12.3 Å². The van der Waals surface area contributed by atoms with Crippen LogP contribution in [0, 0.1) is 5.92 Å². The highest BCUT2D eigenvalue weighted by atomic mass is 16.6. The lowest BCUT2D eigenvalue weighted by Crippen LogP contribution is -2.33. The monoisotopic (exact) mass is 187 g/mol. The number of ether oxygens (including phenoxy) is 1. The van der Waals surface area contributed by atoms with Crippen molar-refractivity contribution >= 4 is 5.97 Å². The van der Waals surface area contributed by atoms with Gasteiger partial charge in [-0.25, -0.2) is 0 Å². The maximum Gasteiger partial charge on any atom is 0.307 e. The number of esters is 1. The molecule has 0 fully saturated rings. The van der Waals surface area contributed by atoms with Crippen LogP contribution in [0.2, 0.25) is 0 Å². The Kier molecular flexibility index (Phi) is 4.40. The molecule has 0 spiro atoms. The normalized spacial score (nSPS) is 14.4. The fraction of sp³-hybridized carbons (Fsp3) is 0.900. The average molecular weight is 187 g/mol. The van der Waals surface area contributed by atoms with Crippen LogP contribution in [0.4, 0.5) is 0 Å². The number of carbonyl (C=O) groups is 1. The minimum atomic E-state index is -0.409. The third-order valence-electron chi connectivity index (χ3n) is 1.68. The predicted octanol–water partition coefficient (Wildman–Crippen LogP) is 1.70. The van der Waals surface area contributed by atoms with Crippen LogP contribution in [-0.4, -0.2) is 17.6 Å². The van der Waals surface area contributed by atoms with Crippen molar-refractivity contribution in [3.05, 3.63) is 0 Å². The van der Waals surface area contributed by atoms with Crippen LogP contribution in [0.15, 0.2) is 0 Å². The van der Waals surface area contributed by atoms with Crippen LogP contribution >= 0.6 is 0 Å². The van der Waals surface area contributed by atoms with Gasteiger partial charge in [-0.2, -0.15) is 0 Å². The van der Waals surface area contributed by atoms with Crippen molar-refractivity contribution in [2.75, 3.05) is 0 Å². The van der Waals surface area contributed by atoms with Crippen molar-refractivity contribution in [3.8, 4) is 0 Å². The molecule has 0 amide bonds. The van der Waals surface area contributed by atoms with Crippen molar-refractivity contribution in [2.24, 2.45) is 11.7 Å². The van der Waals surface area contributed by atoms with Crippen molar-refractivity contribution in [1.82, 2.24) is 0 Å². The third kappa shape index (κ3) is 6.58. The summed E-state index contributed by atoms with van der Waals surface area (Å²) in [6.45, 7) is 9.55. The van der Waals surface area contributed by atoms with Gasteiger partial charge in [-0.1, -0.05) is 13.8 Å². The molecule has 2 N–H and O–H groups in total. The second-order valence-electron chi connectivity index (χ2n) is 4.70. The van der Waals surface area contributed by atoms with Gasteiger partial charge in [-0.05, 0) is 26.7 Å². The van der Waals surface area contributed by atoms with Gasteiger partial charge in [-0.15, -0.1) is 0 Å². The molecular weight excluding hydrogens is 166 g/mol. The van der Waals surface area contributed by atoms with Gasteiger partial charge in [0.05, 0.1) is 6.42 Å². The Hall–Kier alpha value is -0.570. The molecule has 0 heterocycles. The zero-order valence-corrected chi connectivity index (χ0v) is 9.26. The highest BCUT2D eigenvalue weighted by Gasteiger charge is 2.19. The van der Waals surface area contributed by atoms with Crippen LogP contribution in [0.3, 0.4) is 0 Å². The molecule has 3 heteroatoms. The van der Waals surface area contributed by atoms with Crippen LogP contribution in [0.5, 0.6) is 0 Å². The Labute approximate surface area is 80.6 Å². The minimum absolute atomic E-state index is 0.102. The van der Waals surface area contributed by atoms with Gasteiger partial charge in [0.1, 0.15) is 5.60 Å². The highest BCUT2D eigenvalue weighted by Crippen LogP contribution is 2.11. The van der Waals surface area contributed by atoms with Gasteiger partial charge < -0.3 is 10.5 Å². The summed E-state index contributed by atoms with van der Waals surface area (Å²) in [6.07, 6.45) is 0.301. The molecule has 1 unspecified atom stereocenters. The molecule has 0 aromatic heterocycles. The summed E-state index contributed by atoms with van der Waals surface area (Å²) in [5.41, 5.74) is 5.33. The topological polar surface area (TPSA) is 52.3 Å². The number of carbonyl (C=O) groups excluding carboxylic acids is 1. The summed E-state index contributed by atoms with van der Waals surface area (Å²) in [5, 5.41) is 0. The van der Waals surface area contributed by atoms with E-state index in [1.165, 1.54) is 0 Å². The molecule has 0 radical (unpaired) electrons. The van der Waals surface area contributed by atoms with E-state index >= 15 is 0 Å². The zero-order chi connectivity index (χ0) is 10.6. The van der Waals surface area contributed by atoms with Crippen LogP contribution in [0.25, 0.3) is 0 Å². The second-order valence-corrected chi connectivity index (χ2v) is 4.70. The first-order valence-electron chi connectivity index (χ1n) is 4.70. The van der Waals surface area contributed by atoms with Crippen LogP contribution < -0.4 is 5.73 Å². The molecule has 0 aromatic carbocycles. The molecular formula is C10H21NO2. The summed E-state index contributed by atoms with van der Waals surface area (Å²) in [7, 11) is 0. The van der Waals surface area contributed by atoms with E-state index in [-0.39, 0.29) is 12.0 Å². The summed E-state index contributed by atoms with van der Waals surface area (Å²) in [6, 6.07) is -0.102. The van der Waals surface area contributed by atoms with Gasteiger partial charge >= 0.3 is 5.97 Å². The first-order valence-corrected chi connectivity index (χ1v) is 4.70. The van der Waals surface area contributed by atoms with Crippen LogP contribution in [0.1, 0.15) is 41.0 Å². The van der Waals surface area contributed by atoms with E-state index in [2.05, 4.69) is 0 Å². The summed E-state index contributed by atoms with van der Waals surface area (Å²) in [5.74, 6) is 0.0984. The Bertz CT molecular complexity index is 170. The van der Waals surface area contributed by atoms with Gasteiger partial charge in [0.25, 0.3) is 0 Å². The number of nitrogens with two attached hydrogens (primary N) is 1. The molecule has 1 atom stereocenters. The maximum atomic E-state index is 11.3. The molecule has 0 saturated heterocycles. The van der Waals surface area contributed by atoms with Gasteiger partial charge in [-0.3, -0.25) is 4.79 Å². The summed E-state index contributed by atoms with van der Waals surface area (Å²) < 4.78 is 5.14. The fourth-order valence-corrected chi connectivity index (χ4v) is 0.811. The van der Waals surface area contributed by atoms with E-state index in [9.17, 15) is 4.79 Å². The summed E-state index contributed by atoms with van der Waals surface area (Å²) in [4.78, 5) is 11.3. The molecule has 0 saturated carbocycles. The number of rotatable bonds is 3. The molecule has 3 nitrogen and oxygen atoms in total. The van der Waals surface area contributed by atoms with E-state index in [1.54, 1.807) is 0 Å². The van der Waals surface area contributed by atoms with Crippen molar-refractivity contribution < 1.29 is 9.53 Å². The maximum absolute atomic E-state index is 11.3. The van der Waals surface area contributed by atoms with Gasteiger partial charge in [0.15, 0.2) is 0 Å². The zero-order valence-electron chi connectivity index (χ0n) is 9.26. The Morgan fingerprint density at radius 3 is 2.15 bits per heavy atom. The standard InChI is InChI=1S/C10H21NO2/c1-7(2)8(11)6-9(12)13-10(3,4)5/h7-8H,6,11H2,1-5H3. The molecule has 13 heavy (non-hydrogen) atoms. The van der Waals surface area contributed by atoms with Crippen molar-refractivity contribution in [3.63, 3.8) is 0 Å². The fourth-order valence-electron chi connectivity index (χ4n) is 0.811. The largest absolute Gasteiger partial charge is 0.460 e. The lowest BCUT2D eigenvalue weighted by Gasteiger charge is -2.21. The van der Waals surface area contributed by atoms with E-state index in [4.69, 9.17) is 10.5 Å². The third-order valence-corrected chi connectivity index (χ3v) is 1.68. The number of hydrogen-bond acceptors (Lipinski definition) is 3.